The van der Waals surface area contributed by atoms with Crippen molar-refractivity contribution < 1.29 is 4.92 Å². The second-order valence-corrected chi connectivity index (χ2v) is 4.38. The molecular formula is C12H12N4O2. The van der Waals surface area contributed by atoms with Gasteiger partial charge in [-0.05, 0) is 0 Å². The molecule has 0 fully saturated rings. The van der Waals surface area contributed by atoms with Crippen molar-refractivity contribution in [1.29, 1.82) is 0 Å². The molecule has 0 N–H and O–H groups in total. The number of rotatable bonds is 2. The lowest BCUT2D eigenvalue weighted by molar-refractivity contribution is -0.527. The molecule has 1 aromatic heterocycles. The Morgan fingerprint density at radius 1 is 1.33 bits per heavy atom. The lowest BCUT2D eigenvalue weighted by Crippen LogP contribution is -2.31. The molecule has 6 nitrogen and oxygen atoms in total. The van der Waals surface area contributed by atoms with Crippen molar-refractivity contribution in [2.75, 3.05) is 0 Å². The van der Waals surface area contributed by atoms with Gasteiger partial charge in [-0.25, -0.2) is 9.67 Å². The van der Waals surface area contributed by atoms with Crippen LogP contribution in [0.5, 0.6) is 0 Å². The predicted molar refractivity (Wildman–Crippen MR) is 64.6 cm³/mol. The molecule has 3 rings (SSSR count). The fourth-order valence-corrected chi connectivity index (χ4v) is 2.17. The number of nitro groups is 1. The Balaban J connectivity index is 1.92. The third-order valence-electron chi connectivity index (χ3n) is 3.16. The van der Waals surface area contributed by atoms with E-state index in [1.807, 2.05) is 30.3 Å². The third kappa shape index (κ3) is 1.85. The van der Waals surface area contributed by atoms with Crippen LogP contribution in [0, 0.1) is 10.1 Å². The SMILES string of the molecule is O=[N+]([O-])C1CCc2nc(-c3ccccc3)nn2C1. The zero-order valence-electron chi connectivity index (χ0n) is 9.69. The van der Waals surface area contributed by atoms with Gasteiger partial charge in [0.2, 0.25) is 6.04 Å². The molecule has 0 bridgehead atoms. The molecule has 0 spiro atoms. The average Bonchev–Trinajstić information content (AvgIpc) is 2.82. The summed E-state index contributed by atoms with van der Waals surface area (Å²) in [5, 5.41) is 15.1. The maximum atomic E-state index is 10.8. The number of nitrogens with zero attached hydrogens (tertiary/aromatic N) is 4. The molecule has 92 valence electrons. The normalized spacial score (nSPS) is 18.3. The van der Waals surface area contributed by atoms with E-state index in [2.05, 4.69) is 10.1 Å². The van der Waals surface area contributed by atoms with Gasteiger partial charge < -0.3 is 0 Å². The van der Waals surface area contributed by atoms with E-state index in [1.54, 1.807) is 4.68 Å². The van der Waals surface area contributed by atoms with Crippen molar-refractivity contribution >= 4 is 0 Å². The summed E-state index contributed by atoms with van der Waals surface area (Å²) in [6.45, 7) is 0.322. The maximum Gasteiger partial charge on any atom is 0.232 e. The second-order valence-electron chi connectivity index (χ2n) is 4.38. The molecule has 0 aliphatic carbocycles. The highest BCUT2D eigenvalue weighted by atomic mass is 16.6. The molecule has 0 radical (unpaired) electrons. The van der Waals surface area contributed by atoms with E-state index in [-0.39, 0.29) is 4.92 Å². The van der Waals surface area contributed by atoms with Gasteiger partial charge in [0.25, 0.3) is 0 Å². The van der Waals surface area contributed by atoms with Gasteiger partial charge in [0.05, 0.1) is 0 Å². The Kier molecular flexibility index (Phi) is 2.55. The van der Waals surface area contributed by atoms with Gasteiger partial charge in [-0.3, -0.25) is 10.1 Å². The van der Waals surface area contributed by atoms with E-state index in [0.29, 0.717) is 25.2 Å². The molecule has 1 aromatic carbocycles. The zero-order chi connectivity index (χ0) is 12.5. The van der Waals surface area contributed by atoms with Crippen LogP contribution in [0.1, 0.15) is 12.2 Å². The number of aryl methyl sites for hydroxylation is 1. The Labute approximate surface area is 103 Å². The minimum Gasteiger partial charge on any atom is -0.264 e. The quantitative estimate of drug-likeness (QED) is 0.593. The summed E-state index contributed by atoms with van der Waals surface area (Å²) < 4.78 is 1.67. The third-order valence-corrected chi connectivity index (χ3v) is 3.16. The fraction of sp³-hybridized carbons (Fsp3) is 0.333. The van der Waals surface area contributed by atoms with Crippen molar-refractivity contribution in [3.8, 4) is 11.4 Å². The van der Waals surface area contributed by atoms with Crippen LogP contribution >= 0.6 is 0 Å². The summed E-state index contributed by atoms with van der Waals surface area (Å²) in [6.07, 6.45) is 1.16. The van der Waals surface area contributed by atoms with Crippen molar-refractivity contribution in [2.24, 2.45) is 0 Å². The van der Waals surface area contributed by atoms with Crippen LogP contribution in [0.25, 0.3) is 11.4 Å². The van der Waals surface area contributed by atoms with E-state index in [0.717, 1.165) is 11.4 Å². The first-order chi connectivity index (χ1) is 8.74. The Hall–Kier alpha value is -2.24. The molecule has 2 aromatic rings. The van der Waals surface area contributed by atoms with Crippen LogP contribution in [0.2, 0.25) is 0 Å². The van der Waals surface area contributed by atoms with Gasteiger partial charge in [-0.15, -0.1) is 0 Å². The van der Waals surface area contributed by atoms with Crippen molar-refractivity contribution in [1.82, 2.24) is 14.8 Å². The fourth-order valence-electron chi connectivity index (χ4n) is 2.17. The summed E-state index contributed by atoms with van der Waals surface area (Å²) in [7, 11) is 0. The van der Waals surface area contributed by atoms with Gasteiger partial charge in [0.1, 0.15) is 12.4 Å². The van der Waals surface area contributed by atoms with Crippen LogP contribution in [0.3, 0.4) is 0 Å². The van der Waals surface area contributed by atoms with Crippen molar-refractivity contribution in [3.05, 3.63) is 46.3 Å². The number of aromatic nitrogens is 3. The average molecular weight is 244 g/mol. The molecule has 18 heavy (non-hydrogen) atoms. The lowest BCUT2D eigenvalue weighted by Gasteiger charge is -2.15. The van der Waals surface area contributed by atoms with Crippen LogP contribution in [0.4, 0.5) is 0 Å². The molecule has 1 aliphatic rings. The van der Waals surface area contributed by atoms with E-state index < -0.39 is 6.04 Å². The molecule has 1 atom stereocenters. The molecule has 0 amide bonds. The molecular weight excluding hydrogens is 232 g/mol. The van der Waals surface area contributed by atoms with Crippen LogP contribution in [-0.4, -0.2) is 25.7 Å². The lowest BCUT2D eigenvalue weighted by atomic mass is 10.1. The maximum absolute atomic E-state index is 10.8. The largest absolute Gasteiger partial charge is 0.264 e. The molecule has 2 heterocycles. The Morgan fingerprint density at radius 3 is 2.83 bits per heavy atom. The van der Waals surface area contributed by atoms with Crippen molar-refractivity contribution in [2.45, 2.75) is 25.4 Å². The Bertz CT molecular complexity index is 579. The molecule has 6 heteroatoms. The summed E-state index contributed by atoms with van der Waals surface area (Å²) in [5.74, 6) is 1.49. The summed E-state index contributed by atoms with van der Waals surface area (Å²) in [6, 6.07) is 9.12. The Morgan fingerprint density at radius 2 is 2.11 bits per heavy atom. The summed E-state index contributed by atoms with van der Waals surface area (Å²) >= 11 is 0. The summed E-state index contributed by atoms with van der Waals surface area (Å²) in [5.41, 5.74) is 0.942. The van der Waals surface area contributed by atoms with E-state index in [1.165, 1.54) is 0 Å². The van der Waals surface area contributed by atoms with Crippen LogP contribution in [0.15, 0.2) is 30.3 Å². The van der Waals surface area contributed by atoms with E-state index in [4.69, 9.17) is 0 Å². The number of hydrogen-bond donors (Lipinski definition) is 0. The molecule has 1 unspecified atom stereocenters. The molecule has 1 aliphatic heterocycles. The molecule has 0 saturated carbocycles. The van der Waals surface area contributed by atoms with E-state index >= 15 is 0 Å². The van der Waals surface area contributed by atoms with Crippen LogP contribution in [-0.2, 0) is 13.0 Å². The predicted octanol–water partition coefficient (Wildman–Crippen LogP) is 1.54. The highest BCUT2D eigenvalue weighted by Gasteiger charge is 2.29. The number of benzene rings is 1. The smallest absolute Gasteiger partial charge is 0.232 e. The first kappa shape index (κ1) is 10.9. The monoisotopic (exact) mass is 244 g/mol. The van der Waals surface area contributed by atoms with E-state index in [9.17, 15) is 10.1 Å². The van der Waals surface area contributed by atoms with Crippen molar-refractivity contribution in [3.63, 3.8) is 0 Å². The van der Waals surface area contributed by atoms with Gasteiger partial charge in [-0.1, -0.05) is 30.3 Å². The van der Waals surface area contributed by atoms with Gasteiger partial charge in [0, 0.05) is 23.3 Å². The van der Waals surface area contributed by atoms with Gasteiger partial charge in [-0.2, -0.15) is 5.10 Å². The van der Waals surface area contributed by atoms with Gasteiger partial charge in [0.15, 0.2) is 5.82 Å². The topological polar surface area (TPSA) is 73.8 Å². The minimum atomic E-state index is -0.539. The first-order valence-corrected chi connectivity index (χ1v) is 5.86. The van der Waals surface area contributed by atoms with Crippen LogP contribution < -0.4 is 0 Å². The standard InChI is InChI=1S/C12H12N4O2/c17-16(18)10-6-7-11-13-12(14-15(11)8-10)9-4-2-1-3-5-9/h1-5,10H,6-8H2. The number of fused-ring (bicyclic) bond motifs is 1. The first-order valence-electron chi connectivity index (χ1n) is 5.86. The highest BCUT2D eigenvalue weighted by Crippen LogP contribution is 2.20. The highest BCUT2D eigenvalue weighted by molar-refractivity contribution is 5.54. The molecule has 0 saturated heterocycles. The second kappa shape index (κ2) is 4.21. The number of hydrogen-bond acceptors (Lipinski definition) is 4. The van der Waals surface area contributed by atoms with Gasteiger partial charge >= 0.3 is 0 Å². The summed E-state index contributed by atoms with van der Waals surface area (Å²) in [4.78, 5) is 15.0. The zero-order valence-corrected chi connectivity index (χ0v) is 9.69. The minimum absolute atomic E-state index is 0.229.